The zero-order valence-electron chi connectivity index (χ0n) is 12.6. The van der Waals surface area contributed by atoms with Crippen LogP contribution >= 0.6 is 12.2 Å². The first kappa shape index (κ1) is 14.4. The lowest BCUT2D eigenvalue weighted by atomic mass is 10.1. The lowest BCUT2D eigenvalue weighted by Crippen LogP contribution is -2.10. The maximum Gasteiger partial charge on any atom is 0.214 e. The number of nitrogens with two attached hydrogens (primary N) is 1. The van der Waals surface area contributed by atoms with Gasteiger partial charge in [0.05, 0.1) is 11.4 Å². The molecule has 0 saturated carbocycles. The maximum absolute atomic E-state index is 5.94. The summed E-state index contributed by atoms with van der Waals surface area (Å²) >= 11 is 5.09. The van der Waals surface area contributed by atoms with Crippen molar-refractivity contribution in [2.75, 3.05) is 5.84 Å². The van der Waals surface area contributed by atoms with Crippen molar-refractivity contribution in [3.8, 4) is 28.5 Å². The summed E-state index contributed by atoms with van der Waals surface area (Å²) in [5, 5.41) is 11.5. The van der Waals surface area contributed by atoms with Gasteiger partial charge in [-0.05, 0) is 30.4 Å². The Labute approximate surface area is 143 Å². The van der Waals surface area contributed by atoms with Gasteiger partial charge in [-0.1, -0.05) is 48.5 Å². The van der Waals surface area contributed by atoms with Gasteiger partial charge in [0.15, 0.2) is 0 Å². The minimum Gasteiger partial charge on any atom is -0.335 e. The highest BCUT2D eigenvalue weighted by Crippen LogP contribution is 2.27. The van der Waals surface area contributed by atoms with Crippen LogP contribution in [0.2, 0.25) is 0 Å². The number of nitrogens with zero attached hydrogens (tertiary/aromatic N) is 4. The van der Waals surface area contributed by atoms with Crippen LogP contribution in [0.25, 0.3) is 28.5 Å². The van der Waals surface area contributed by atoms with Gasteiger partial charge in [-0.15, -0.1) is 0 Å². The molecule has 0 spiro atoms. The fourth-order valence-corrected chi connectivity index (χ4v) is 2.69. The van der Waals surface area contributed by atoms with Crippen LogP contribution < -0.4 is 5.84 Å². The van der Waals surface area contributed by atoms with Crippen LogP contribution in [0.3, 0.4) is 0 Å². The summed E-state index contributed by atoms with van der Waals surface area (Å²) in [4.78, 5) is 0. The number of hydrogen-bond donors (Lipinski definition) is 2. The Balaban J connectivity index is 1.95. The van der Waals surface area contributed by atoms with Crippen molar-refractivity contribution in [2.24, 2.45) is 0 Å². The number of H-pyrrole nitrogens is 1. The summed E-state index contributed by atoms with van der Waals surface area (Å²) in [6.07, 6.45) is 0. The van der Waals surface area contributed by atoms with Gasteiger partial charge in [-0.25, -0.2) is 14.5 Å². The van der Waals surface area contributed by atoms with Crippen molar-refractivity contribution >= 4 is 12.2 Å². The largest absolute Gasteiger partial charge is 0.335 e. The van der Waals surface area contributed by atoms with Crippen molar-refractivity contribution < 1.29 is 0 Å². The van der Waals surface area contributed by atoms with Crippen molar-refractivity contribution in [3.63, 3.8) is 0 Å². The van der Waals surface area contributed by atoms with Crippen LogP contribution in [-0.4, -0.2) is 24.7 Å². The molecule has 0 aliphatic rings. The molecular weight excluding hydrogens is 320 g/mol. The molecule has 2 heterocycles. The van der Waals surface area contributed by atoms with E-state index in [2.05, 4.69) is 15.3 Å². The van der Waals surface area contributed by atoms with Crippen LogP contribution in [0.1, 0.15) is 0 Å². The Morgan fingerprint density at radius 2 is 1.62 bits per heavy atom. The molecule has 6 nitrogen and oxygen atoms in total. The maximum atomic E-state index is 5.94. The smallest absolute Gasteiger partial charge is 0.214 e. The Hall–Kier alpha value is -3.19. The second kappa shape index (κ2) is 5.78. The van der Waals surface area contributed by atoms with Crippen LogP contribution in [0.15, 0.2) is 66.7 Å². The second-order valence-corrected chi connectivity index (χ2v) is 5.64. The molecule has 0 atom stereocenters. The van der Waals surface area contributed by atoms with Crippen LogP contribution in [0, 0.1) is 4.77 Å². The summed E-state index contributed by atoms with van der Waals surface area (Å²) in [6, 6.07) is 21.9. The fourth-order valence-electron chi connectivity index (χ4n) is 2.56. The Morgan fingerprint density at radius 3 is 2.25 bits per heavy atom. The highest BCUT2D eigenvalue weighted by molar-refractivity contribution is 7.71. The van der Waals surface area contributed by atoms with E-state index in [1.54, 1.807) is 0 Å². The third-order valence-electron chi connectivity index (χ3n) is 3.71. The van der Waals surface area contributed by atoms with Crippen molar-refractivity contribution in [2.45, 2.75) is 0 Å². The van der Waals surface area contributed by atoms with Gasteiger partial charge in [-0.3, -0.25) is 0 Å². The molecule has 2 aromatic carbocycles. The van der Waals surface area contributed by atoms with Crippen LogP contribution in [0.4, 0.5) is 0 Å². The van der Waals surface area contributed by atoms with Crippen molar-refractivity contribution in [1.29, 1.82) is 0 Å². The standard InChI is InChI=1S/C17H14N6S/c18-22-16(19-20-17(22)24)14-11-15(12-7-3-1-4-8-12)23(21-14)13-9-5-2-6-10-13/h1-11H,18H2,(H,20,24). The second-order valence-electron chi connectivity index (χ2n) is 5.25. The number of rotatable bonds is 3. The van der Waals surface area contributed by atoms with E-state index in [-0.39, 0.29) is 0 Å². The topological polar surface area (TPSA) is 77.4 Å². The van der Waals surface area contributed by atoms with E-state index in [1.165, 1.54) is 4.68 Å². The van der Waals surface area contributed by atoms with Gasteiger partial charge in [0.2, 0.25) is 10.6 Å². The summed E-state index contributed by atoms with van der Waals surface area (Å²) in [6.45, 7) is 0. The lowest BCUT2D eigenvalue weighted by Gasteiger charge is -2.07. The van der Waals surface area contributed by atoms with Gasteiger partial charge in [-0.2, -0.15) is 10.2 Å². The quantitative estimate of drug-likeness (QED) is 0.446. The molecule has 3 N–H and O–H groups in total. The zero-order valence-corrected chi connectivity index (χ0v) is 13.4. The van der Waals surface area contributed by atoms with E-state index < -0.39 is 0 Å². The Bertz CT molecular complexity index is 973. The molecule has 0 saturated heterocycles. The Kier molecular flexibility index (Phi) is 3.47. The molecule has 2 aromatic heterocycles. The van der Waals surface area contributed by atoms with E-state index in [9.17, 15) is 0 Å². The highest BCUT2D eigenvalue weighted by atomic mass is 32.1. The third kappa shape index (κ3) is 2.40. The van der Waals surface area contributed by atoms with Crippen molar-refractivity contribution in [3.05, 3.63) is 71.5 Å². The first-order valence-electron chi connectivity index (χ1n) is 7.38. The molecular formula is C17H14N6S. The number of para-hydroxylation sites is 1. The minimum atomic E-state index is 0.348. The predicted molar refractivity (Wildman–Crippen MR) is 95.6 cm³/mol. The first-order valence-corrected chi connectivity index (χ1v) is 7.78. The molecule has 0 radical (unpaired) electrons. The highest BCUT2D eigenvalue weighted by Gasteiger charge is 2.16. The summed E-state index contributed by atoms with van der Waals surface area (Å²) in [7, 11) is 0. The molecule has 0 aliphatic carbocycles. The molecule has 0 amide bonds. The van der Waals surface area contributed by atoms with Crippen LogP contribution in [0.5, 0.6) is 0 Å². The molecule has 4 rings (SSSR count). The molecule has 24 heavy (non-hydrogen) atoms. The number of nitrogen functional groups attached to an aromatic ring is 1. The molecule has 0 unspecified atom stereocenters. The zero-order chi connectivity index (χ0) is 16.5. The molecule has 7 heteroatoms. The number of nitrogens with one attached hydrogen (secondary N) is 1. The molecule has 0 bridgehead atoms. The molecule has 0 aliphatic heterocycles. The number of hydrogen-bond acceptors (Lipinski definition) is 4. The number of benzene rings is 2. The normalized spacial score (nSPS) is 10.8. The molecule has 0 fully saturated rings. The molecule has 118 valence electrons. The van der Waals surface area contributed by atoms with E-state index in [0.29, 0.717) is 16.3 Å². The summed E-state index contributed by atoms with van der Waals surface area (Å²) in [5.74, 6) is 6.43. The summed E-state index contributed by atoms with van der Waals surface area (Å²) in [5.41, 5.74) is 3.61. The van der Waals surface area contributed by atoms with E-state index in [1.807, 2.05) is 71.4 Å². The van der Waals surface area contributed by atoms with Gasteiger partial charge in [0.25, 0.3) is 0 Å². The van der Waals surface area contributed by atoms with Gasteiger partial charge < -0.3 is 5.84 Å². The van der Waals surface area contributed by atoms with Gasteiger partial charge in [0.1, 0.15) is 5.69 Å². The average molecular weight is 334 g/mol. The monoisotopic (exact) mass is 334 g/mol. The summed E-state index contributed by atoms with van der Waals surface area (Å²) < 4.78 is 3.55. The lowest BCUT2D eigenvalue weighted by molar-refractivity contribution is 0.879. The Morgan fingerprint density at radius 1 is 0.958 bits per heavy atom. The average Bonchev–Trinajstić information content (AvgIpc) is 3.21. The van der Waals surface area contributed by atoms with E-state index in [4.69, 9.17) is 18.1 Å². The number of aromatic amines is 1. The van der Waals surface area contributed by atoms with Crippen molar-refractivity contribution in [1.82, 2.24) is 24.7 Å². The predicted octanol–water partition coefficient (Wildman–Crippen LogP) is 3.17. The fraction of sp³-hybridized carbons (Fsp3) is 0. The minimum absolute atomic E-state index is 0.348. The van der Waals surface area contributed by atoms with Gasteiger partial charge >= 0.3 is 0 Å². The number of aromatic nitrogens is 5. The van der Waals surface area contributed by atoms with Crippen LogP contribution in [-0.2, 0) is 0 Å². The van der Waals surface area contributed by atoms with E-state index in [0.717, 1.165) is 16.9 Å². The molecule has 4 aromatic rings. The van der Waals surface area contributed by atoms with Gasteiger partial charge in [0, 0.05) is 5.56 Å². The van der Waals surface area contributed by atoms with E-state index >= 15 is 0 Å². The third-order valence-corrected chi connectivity index (χ3v) is 4.00. The first-order chi connectivity index (χ1) is 11.7. The SMILES string of the molecule is Nn1c(-c2cc(-c3ccccc3)n(-c3ccccc3)n2)n[nH]c1=S.